The van der Waals surface area contributed by atoms with Crippen molar-refractivity contribution >= 4 is 11.7 Å². The van der Waals surface area contributed by atoms with Crippen molar-refractivity contribution in [3.05, 3.63) is 23.8 Å². The molecule has 1 aliphatic rings. The van der Waals surface area contributed by atoms with E-state index >= 15 is 0 Å². The van der Waals surface area contributed by atoms with Crippen LogP contribution in [-0.4, -0.2) is 31.3 Å². The number of anilines is 1. The summed E-state index contributed by atoms with van der Waals surface area (Å²) in [6, 6.07) is 5.30. The van der Waals surface area contributed by atoms with Gasteiger partial charge in [0, 0.05) is 18.3 Å². The zero-order valence-electron chi connectivity index (χ0n) is 9.43. The summed E-state index contributed by atoms with van der Waals surface area (Å²) < 4.78 is 5.28. The topological polar surface area (TPSA) is 49.8 Å². The lowest BCUT2D eigenvalue weighted by molar-refractivity contribution is -0.138. The molecule has 86 valence electrons. The summed E-state index contributed by atoms with van der Waals surface area (Å²) in [6.07, 6.45) is 1.37. The fourth-order valence-corrected chi connectivity index (χ4v) is 2.26. The van der Waals surface area contributed by atoms with Crippen molar-refractivity contribution in [1.82, 2.24) is 0 Å². The third-order valence-electron chi connectivity index (χ3n) is 3.13. The number of hydrogen-bond donors (Lipinski definition) is 1. The van der Waals surface area contributed by atoms with Crippen LogP contribution in [0, 0.1) is 0 Å². The van der Waals surface area contributed by atoms with Gasteiger partial charge in [0.05, 0.1) is 7.11 Å². The summed E-state index contributed by atoms with van der Waals surface area (Å²) in [5.41, 5.74) is 2.06. The van der Waals surface area contributed by atoms with Gasteiger partial charge in [-0.05, 0) is 25.0 Å². The number of aliphatic carboxylic acids is 1. The number of benzene rings is 1. The van der Waals surface area contributed by atoms with E-state index < -0.39 is 12.0 Å². The highest BCUT2D eigenvalue weighted by Gasteiger charge is 2.30. The Hall–Kier alpha value is -1.71. The molecule has 1 aromatic rings. The van der Waals surface area contributed by atoms with Crippen molar-refractivity contribution in [3.8, 4) is 5.75 Å². The van der Waals surface area contributed by atoms with Gasteiger partial charge in [-0.1, -0.05) is 6.07 Å². The summed E-state index contributed by atoms with van der Waals surface area (Å²) in [5, 5.41) is 9.09. The van der Waals surface area contributed by atoms with Gasteiger partial charge in [-0.15, -0.1) is 0 Å². The first kappa shape index (κ1) is 10.8. The van der Waals surface area contributed by atoms with Crippen LogP contribution in [0.15, 0.2) is 18.2 Å². The van der Waals surface area contributed by atoms with Gasteiger partial charge in [-0.3, -0.25) is 0 Å². The van der Waals surface area contributed by atoms with E-state index in [2.05, 4.69) is 0 Å². The highest BCUT2D eigenvalue weighted by molar-refractivity contribution is 5.80. The van der Waals surface area contributed by atoms with Crippen molar-refractivity contribution in [2.75, 3.05) is 19.1 Å². The van der Waals surface area contributed by atoms with Crippen LogP contribution >= 0.6 is 0 Å². The molecular weight excluding hydrogens is 206 g/mol. The van der Waals surface area contributed by atoms with Crippen LogP contribution in [0.1, 0.15) is 12.0 Å². The number of likely N-dealkylation sites (N-methyl/N-ethyl adjacent to an activating group) is 1. The van der Waals surface area contributed by atoms with E-state index in [0.717, 1.165) is 23.4 Å². The fourth-order valence-electron chi connectivity index (χ4n) is 2.26. The van der Waals surface area contributed by atoms with Gasteiger partial charge in [-0.2, -0.15) is 0 Å². The molecular formula is C12H15NO3. The maximum atomic E-state index is 11.1. The number of nitrogens with zero attached hydrogens (tertiary/aromatic N) is 1. The lowest BCUT2D eigenvalue weighted by Crippen LogP contribution is -2.42. The number of rotatable bonds is 2. The zero-order chi connectivity index (χ0) is 11.7. The molecule has 0 bridgehead atoms. The number of carbonyl (C=O) groups is 1. The molecule has 1 N–H and O–H groups in total. The predicted molar refractivity (Wildman–Crippen MR) is 61.1 cm³/mol. The number of carboxylic acids is 1. The molecule has 2 rings (SSSR count). The summed E-state index contributed by atoms with van der Waals surface area (Å²) in [7, 11) is 3.45. The normalized spacial score (nSPS) is 19.1. The molecule has 0 spiro atoms. The number of ether oxygens (including phenoxy) is 1. The Morgan fingerprint density at radius 1 is 1.56 bits per heavy atom. The molecule has 1 aromatic carbocycles. The molecule has 0 aromatic heterocycles. The second-order valence-corrected chi connectivity index (χ2v) is 3.96. The molecule has 0 amide bonds. The first-order valence-electron chi connectivity index (χ1n) is 5.26. The quantitative estimate of drug-likeness (QED) is 0.822. The monoisotopic (exact) mass is 221 g/mol. The van der Waals surface area contributed by atoms with Gasteiger partial charge in [-0.25, -0.2) is 4.79 Å². The fraction of sp³-hybridized carbons (Fsp3) is 0.417. The molecule has 4 nitrogen and oxygen atoms in total. The van der Waals surface area contributed by atoms with Gasteiger partial charge in [0.15, 0.2) is 0 Å². The van der Waals surface area contributed by atoms with Crippen LogP contribution in [0.5, 0.6) is 5.75 Å². The van der Waals surface area contributed by atoms with Crippen molar-refractivity contribution < 1.29 is 14.6 Å². The van der Waals surface area contributed by atoms with Gasteiger partial charge in [0.1, 0.15) is 11.8 Å². The van der Waals surface area contributed by atoms with Crippen molar-refractivity contribution in [2.45, 2.75) is 18.9 Å². The summed E-state index contributed by atoms with van der Waals surface area (Å²) >= 11 is 0. The summed E-state index contributed by atoms with van der Waals surface area (Å²) in [6.45, 7) is 0. The third kappa shape index (κ3) is 1.60. The molecule has 0 saturated carbocycles. The van der Waals surface area contributed by atoms with E-state index in [-0.39, 0.29) is 0 Å². The standard InChI is InChI=1S/C12H15NO3/c1-13-9-4-3-5-11(16-2)8(9)6-7-10(13)12(14)15/h3-5,10H,6-7H2,1-2H3,(H,14,15). The van der Waals surface area contributed by atoms with Crippen molar-refractivity contribution in [1.29, 1.82) is 0 Å². The smallest absolute Gasteiger partial charge is 0.326 e. The molecule has 16 heavy (non-hydrogen) atoms. The highest BCUT2D eigenvalue weighted by Crippen LogP contribution is 2.35. The predicted octanol–water partition coefficient (Wildman–Crippen LogP) is 1.53. The zero-order valence-corrected chi connectivity index (χ0v) is 9.43. The highest BCUT2D eigenvalue weighted by atomic mass is 16.5. The third-order valence-corrected chi connectivity index (χ3v) is 3.13. The SMILES string of the molecule is COc1cccc2c1CCC(C(=O)O)N2C. The Bertz CT molecular complexity index is 417. The molecule has 0 fully saturated rings. The van der Waals surface area contributed by atoms with Crippen LogP contribution < -0.4 is 9.64 Å². The Labute approximate surface area is 94.4 Å². The van der Waals surface area contributed by atoms with E-state index in [4.69, 9.17) is 9.84 Å². The molecule has 0 saturated heterocycles. The number of hydrogen-bond acceptors (Lipinski definition) is 3. The lowest BCUT2D eigenvalue weighted by Gasteiger charge is -2.33. The van der Waals surface area contributed by atoms with Crippen LogP contribution in [0.2, 0.25) is 0 Å². The summed E-state index contributed by atoms with van der Waals surface area (Å²) in [5.74, 6) is 0.0733. The Kier molecular flexibility index (Phi) is 2.73. The van der Waals surface area contributed by atoms with Gasteiger partial charge in [0.25, 0.3) is 0 Å². The van der Waals surface area contributed by atoms with E-state index in [1.807, 2.05) is 30.1 Å². The molecule has 1 aliphatic heterocycles. The molecule has 1 heterocycles. The first-order chi connectivity index (χ1) is 7.65. The minimum absolute atomic E-state index is 0.431. The molecule has 4 heteroatoms. The number of fused-ring (bicyclic) bond motifs is 1. The maximum Gasteiger partial charge on any atom is 0.326 e. The lowest BCUT2D eigenvalue weighted by atomic mass is 9.95. The van der Waals surface area contributed by atoms with Gasteiger partial charge >= 0.3 is 5.97 Å². The summed E-state index contributed by atoms with van der Waals surface area (Å²) in [4.78, 5) is 12.9. The van der Waals surface area contributed by atoms with Crippen molar-refractivity contribution in [3.63, 3.8) is 0 Å². The second-order valence-electron chi connectivity index (χ2n) is 3.96. The molecule has 0 radical (unpaired) electrons. The largest absolute Gasteiger partial charge is 0.496 e. The Balaban J connectivity index is 2.42. The van der Waals surface area contributed by atoms with Gasteiger partial charge in [0.2, 0.25) is 0 Å². The number of methoxy groups -OCH3 is 1. The second kappa shape index (κ2) is 4.04. The first-order valence-corrected chi connectivity index (χ1v) is 5.26. The molecule has 1 unspecified atom stereocenters. The van der Waals surface area contributed by atoms with Crippen molar-refractivity contribution in [2.24, 2.45) is 0 Å². The maximum absolute atomic E-state index is 11.1. The molecule has 0 aliphatic carbocycles. The Morgan fingerprint density at radius 2 is 2.31 bits per heavy atom. The van der Waals surface area contributed by atoms with E-state index in [1.165, 1.54) is 0 Å². The van der Waals surface area contributed by atoms with Crippen LogP contribution in [0.4, 0.5) is 5.69 Å². The van der Waals surface area contributed by atoms with Crippen LogP contribution in [0.3, 0.4) is 0 Å². The molecule has 1 atom stereocenters. The van der Waals surface area contributed by atoms with E-state index in [9.17, 15) is 4.79 Å². The minimum atomic E-state index is -0.768. The average molecular weight is 221 g/mol. The average Bonchev–Trinajstić information content (AvgIpc) is 2.28. The van der Waals surface area contributed by atoms with Crippen LogP contribution in [-0.2, 0) is 11.2 Å². The number of carboxylic acid groups (broad SMARTS) is 1. The Morgan fingerprint density at radius 3 is 2.94 bits per heavy atom. The minimum Gasteiger partial charge on any atom is -0.496 e. The van der Waals surface area contributed by atoms with Gasteiger partial charge < -0.3 is 14.7 Å². The van der Waals surface area contributed by atoms with E-state index in [1.54, 1.807) is 7.11 Å². The van der Waals surface area contributed by atoms with Crippen LogP contribution in [0.25, 0.3) is 0 Å². The van der Waals surface area contributed by atoms with E-state index in [0.29, 0.717) is 6.42 Å².